The van der Waals surface area contributed by atoms with E-state index in [1.807, 2.05) is 0 Å². The summed E-state index contributed by atoms with van der Waals surface area (Å²) in [6.45, 7) is -0.248. The SMILES string of the molecule is O=C1N[C@H](C(=O)N(c2cccc(F)c2)C(C(=O)CCCCC2CC2(F)F)c2ccccc2Cl)CO1. The van der Waals surface area contributed by atoms with Gasteiger partial charge in [0.2, 0.25) is 0 Å². The third kappa shape index (κ3) is 5.78. The predicted molar refractivity (Wildman–Crippen MR) is 123 cm³/mol. The highest BCUT2D eigenvalue weighted by molar-refractivity contribution is 6.31. The van der Waals surface area contributed by atoms with Crippen LogP contribution in [0, 0.1) is 11.7 Å². The predicted octanol–water partition coefficient (Wildman–Crippen LogP) is 5.45. The summed E-state index contributed by atoms with van der Waals surface area (Å²) < 4.78 is 45.4. The fraction of sp³-hybridized carbons (Fsp3) is 0.400. The van der Waals surface area contributed by atoms with E-state index in [1.54, 1.807) is 24.3 Å². The van der Waals surface area contributed by atoms with Crippen molar-refractivity contribution in [2.24, 2.45) is 5.92 Å². The first kappa shape index (κ1) is 25.0. The number of amides is 2. The van der Waals surface area contributed by atoms with Crippen LogP contribution in [0.3, 0.4) is 0 Å². The number of benzene rings is 2. The Bertz CT molecular complexity index is 1130. The molecule has 0 aromatic heterocycles. The fourth-order valence-electron chi connectivity index (χ4n) is 4.28. The summed E-state index contributed by atoms with van der Waals surface area (Å²) in [5.74, 6) is -4.93. The van der Waals surface area contributed by atoms with Crippen LogP contribution in [0.5, 0.6) is 0 Å². The van der Waals surface area contributed by atoms with Crippen molar-refractivity contribution in [2.75, 3.05) is 11.5 Å². The van der Waals surface area contributed by atoms with Crippen molar-refractivity contribution in [3.05, 3.63) is 64.9 Å². The lowest BCUT2D eigenvalue weighted by atomic mass is 9.95. The average Bonchev–Trinajstić information content (AvgIpc) is 3.19. The van der Waals surface area contributed by atoms with Gasteiger partial charge in [-0.3, -0.25) is 14.5 Å². The van der Waals surface area contributed by atoms with Gasteiger partial charge in [0.05, 0.1) is 0 Å². The maximum absolute atomic E-state index is 14.2. The molecular formula is C25H24ClF3N2O4. The van der Waals surface area contributed by atoms with Gasteiger partial charge < -0.3 is 10.1 Å². The number of Topliss-reactive ketones (excluding diaryl/α,β-unsaturated/α-hetero) is 1. The number of alkyl carbamates (subject to hydrolysis) is 1. The number of ether oxygens (including phenoxy) is 1. The van der Waals surface area contributed by atoms with Crippen LogP contribution < -0.4 is 10.2 Å². The number of rotatable bonds is 10. The molecule has 2 amide bonds. The molecule has 1 heterocycles. The number of unbranched alkanes of at least 4 members (excludes halogenated alkanes) is 1. The summed E-state index contributed by atoms with van der Waals surface area (Å²) in [7, 11) is 0. The first-order chi connectivity index (χ1) is 16.7. The smallest absolute Gasteiger partial charge is 0.407 e. The maximum Gasteiger partial charge on any atom is 0.407 e. The Morgan fingerprint density at radius 2 is 1.91 bits per heavy atom. The summed E-state index contributed by atoms with van der Waals surface area (Å²) in [6.07, 6.45) is 0.193. The monoisotopic (exact) mass is 508 g/mol. The number of hydrogen-bond donors (Lipinski definition) is 1. The van der Waals surface area contributed by atoms with Gasteiger partial charge in [-0.2, -0.15) is 0 Å². The van der Waals surface area contributed by atoms with Crippen molar-refractivity contribution in [3.8, 4) is 0 Å². The summed E-state index contributed by atoms with van der Waals surface area (Å²) in [5.41, 5.74) is 0.433. The van der Waals surface area contributed by atoms with E-state index in [0.717, 1.165) is 11.0 Å². The number of nitrogens with zero attached hydrogens (tertiary/aromatic N) is 1. The molecule has 10 heteroatoms. The van der Waals surface area contributed by atoms with Crippen molar-refractivity contribution >= 4 is 35.1 Å². The van der Waals surface area contributed by atoms with Gasteiger partial charge in [0.25, 0.3) is 11.8 Å². The highest BCUT2D eigenvalue weighted by atomic mass is 35.5. The lowest BCUT2D eigenvalue weighted by Crippen LogP contribution is -2.49. The van der Waals surface area contributed by atoms with Crippen molar-refractivity contribution in [2.45, 2.75) is 50.1 Å². The number of alkyl halides is 2. The van der Waals surface area contributed by atoms with E-state index in [2.05, 4.69) is 5.32 Å². The molecule has 1 saturated carbocycles. The minimum atomic E-state index is -2.61. The average molecular weight is 509 g/mol. The van der Waals surface area contributed by atoms with Crippen LogP contribution in [-0.2, 0) is 14.3 Å². The molecule has 186 valence electrons. The first-order valence-corrected chi connectivity index (χ1v) is 11.7. The second-order valence-electron chi connectivity index (χ2n) is 8.78. The Kier molecular flexibility index (Phi) is 7.35. The van der Waals surface area contributed by atoms with Gasteiger partial charge in [0.1, 0.15) is 24.5 Å². The molecule has 2 unspecified atom stereocenters. The van der Waals surface area contributed by atoms with Gasteiger partial charge in [-0.25, -0.2) is 18.0 Å². The number of halogens is 4. The topological polar surface area (TPSA) is 75.7 Å². The maximum atomic E-state index is 14.2. The molecule has 2 aliphatic rings. The third-order valence-electron chi connectivity index (χ3n) is 6.24. The van der Waals surface area contributed by atoms with E-state index in [4.69, 9.17) is 16.3 Å². The molecule has 6 nitrogen and oxygen atoms in total. The van der Waals surface area contributed by atoms with E-state index in [1.165, 1.54) is 18.2 Å². The Hall–Kier alpha value is -3.07. The second-order valence-corrected chi connectivity index (χ2v) is 9.19. The van der Waals surface area contributed by atoms with Crippen LogP contribution in [0.2, 0.25) is 5.02 Å². The third-order valence-corrected chi connectivity index (χ3v) is 6.58. The number of cyclic esters (lactones) is 1. The van der Waals surface area contributed by atoms with Gasteiger partial charge in [-0.1, -0.05) is 42.3 Å². The molecule has 35 heavy (non-hydrogen) atoms. The molecule has 0 bridgehead atoms. The van der Waals surface area contributed by atoms with Gasteiger partial charge >= 0.3 is 6.09 Å². The van der Waals surface area contributed by atoms with Gasteiger partial charge in [-0.05, 0) is 37.1 Å². The quantitative estimate of drug-likeness (QED) is 0.433. The molecule has 3 atom stereocenters. The van der Waals surface area contributed by atoms with Gasteiger partial charge in [-0.15, -0.1) is 0 Å². The van der Waals surface area contributed by atoms with E-state index in [0.29, 0.717) is 24.8 Å². The van der Waals surface area contributed by atoms with Crippen LogP contribution in [0.4, 0.5) is 23.7 Å². The van der Waals surface area contributed by atoms with E-state index < -0.39 is 41.7 Å². The molecule has 0 spiro atoms. The van der Waals surface area contributed by atoms with Crippen molar-refractivity contribution in [1.82, 2.24) is 5.32 Å². The molecular weight excluding hydrogens is 485 g/mol. The molecule has 1 N–H and O–H groups in total. The number of carbonyl (C=O) groups is 3. The zero-order valence-electron chi connectivity index (χ0n) is 18.7. The highest BCUT2D eigenvalue weighted by Crippen LogP contribution is 2.51. The van der Waals surface area contributed by atoms with Crippen molar-refractivity contribution in [1.29, 1.82) is 0 Å². The van der Waals surface area contributed by atoms with Crippen LogP contribution >= 0.6 is 11.6 Å². The normalized spacial score (nSPS) is 21.1. The molecule has 1 aliphatic heterocycles. The Morgan fingerprint density at radius 3 is 2.54 bits per heavy atom. The van der Waals surface area contributed by atoms with Gasteiger partial charge in [0, 0.05) is 35.0 Å². The standard InChI is InChI=1S/C25H24ClF3N2O4/c26-19-10-3-2-9-18(19)22(21(32)11-4-1-6-15-13-25(15,28)29)31(17-8-5-7-16(27)12-17)23(33)20-14-35-24(34)30-20/h2-3,5,7-10,12,15,20,22H,1,4,6,11,13-14H2,(H,30,34)/t15?,20-,22?/m0/s1. The molecule has 1 aliphatic carbocycles. The van der Waals surface area contributed by atoms with Crippen LogP contribution in [0.1, 0.15) is 43.7 Å². The minimum absolute atomic E-state index is 0.000796. The lowest BCUT2D eigenvalue weighted by Gasteiger charge is -2.33. The molecule has 2 aromatic carbocycles. The molecule has 1 saturated heterocycles. The highest BCUT2D eigenvalue weighted by Gasteiger charge is 2.55. The Morgan fingerprint density at radius 1 is 1.17 bits per heavy atom. The largest absolute Gasteiger partial charge is 0.447 e. The van der Waals surface area contributed by atoms with E-state index >= 15 is 0 Å². The summed E-state index contributed by atoms with van der Waals surface area (Å²) in [4.78, 5) is 39.8. The zero-order chi connectivity index (χ0) is 25.2. The van der Waals surface area contributed by atoms with Crippen LogP contribution in [0.25, 0.3) is 0 Å². The minimum Gasteiger partial charge on any atom is -0.447 e. The Labute approximate surface area is 205 Å². The van der Waals surface area contributed by atoms with Crippen LogP contribution in [-0.4, -0.2) is 36.4 Å². The lowest BCUT2D eigenvalue weighted by molar-refractivity contribution is -0.126. The zero-order valence-corrected chi connectivity index (χ0v) is 19.4. The number of ketones is 1. The molecule has 2 aromatic rings. The summed E-state index contributed by atoms with van der Waals surface area (Å²) >= 11 is 6.41. The Balaban J connectivity index is 1.64. The number of anilines is 1. The number of nitrogens with one attached hydrogen (secondary N) is 1. The number of carbonyl (C=O) groups excluding carboxylic acids is 3. The molecule has 2 fully saturated rings. The second kappa shape index (κ2) is 10.3. The molecule has 4 rings (SSSR count). The van der Waals surface area contributed by atoms with E-state index in [9.17, 15) is 27.6 Å². The van der Waals surface area contributed by atoms with Crippen molar-refractivity contribution in [3.63, 3.8) is 0 Å². The number of hydrogen-bond acceptors (Lipinski definition) is 4. The van der Waals surface area contributed by atoms with Crippen molar-refractivity contribution < 1.29 is 32.3 Å². The fourth-order valence-corrected chi connectivity index (χ4v) is 4.52. The van der Waals surface area contributed by atoms with Gasteiger partial charge in [0.15, 0.2) is 5.78 Å². The molecule has 0 radical (unpaired) electrons. The first-order valence-electron chi connectivity index (χ1n) is 11.3. The summed E-state index contributed by atoms with van der Waals surface area (Å²) in [5, 5.41) is 2.62. The summed E-state index contributed by atoms with van der Waals surface area (Å²) in [6, 6.07) is 9.38. The van der Waals surface area contributed by atoms with Crippen LogP contribution in [0.15, 0.2) is 48.5 Å². The van der Waals surface area contributed by atoms with E-state index in [-0.39, 0.29) is 35.9 Å².